The lowest BCUT2D eigenvalue weighted by atomic mass is 9.94. The molecular weight excluding hydrogens is 317 g/mol. The molecule has 0 radical (unpaired) electrons. The fourth-order valence-electron chi connectivity index (χ4n) is 2.57. The normalized spacial score (nSPS) is 14.5. The van der Waals surface area contributed by atoms with Crippen LogP contribution in [0.4, 0.5) is 18.9 Å². The van der Waals surface area contributed by atoms with Crippen molar-refractivity contribution < 1.29 is 18.3 Å². The number of aromatic nitrogens is 1. The van der Waals surface area contributed by atoms with Crippen molar-refractivity contribution >= 4 is 16.6 Å². The molecule has 0 saturated carbocycles. The maximum Gasteiger partial charge on any atom is 0.416 e. The zero-order chi connectivity index (χ0) is 17.4. The van der Waals surface area contributed by atoms with Crippen LogP contribution in [0.1, 0.15) is 18.1 Å². The minimum atomic E-state index is -4.43. The standard InChI is InChI=1S/C18H17F3N2O/c1-17(24,13-3-2-4-14(10-13)18(19,20)21)11-23-15-5-6-16-12(9-15)7-8-22-16/h2-10,22-24H,11H2,1H3/t17-/m0/s1. The lowest BCUT2D eigenvalue weighted by molar-refractivity contribution is -0.137. The van der Waals surface area contributed by atoms with Crippen LogP contribution in [-0.2, 0) is 11.8 Å². The Labute approximate surface area is 137 Å². The molecule has 3 N–H and O–H groups in total. The molecule has 126 valence electrons. The molecular formula is C18H17F3N2O. The molecule has 0 fully saturated rings. The van der Waals surface area contributed by atoms with Crippen molar-refractivity contribution in [3.8, 4) is 0 Å². The highest BCUT2D eigenvalue weighted by Crippen LogP contribution is 2.32. The van der Waals surface area contributed by atoms with Gasteiger partial charge in [0.15, 0.2) is 0 Å². The Morgan fingerprint density at radius 1 is 1.04 bits per heavy atom. The monoisotopic (exact) mass is 334 g/mol. The third-order valence-corrected chi connectivity index (χ3v) is 4.00. The summed E-state index contributed by atoms with van der Waals surface area (Å²) >= 11 is 0. The lowest BCUT2D eigenvalue weighted by Gasteiger charge is -2.25. The summed E-state index contributed by atoms with van der Waals surface area (Å²) < 4.78 is 38.5. The van der Waals surface area contributed by atoms with Crippen LogP contribution in [0, 0.1) is 0 Å². The van der Waals surface area contributed by atoms with Crippen molar-refractivity contribution in [2.45, 2.75) is 18.7 Å². The Bertz CT molecular complexity index is 853. The first-order chi connectivity index (χ1) is 11.3. The third-order valence-electron chi connectivity index (χ3n) is 4.00. The van der Waals surface area contributed by atoms with Gasteiger partial charge in [0.1, 0.15) is 5.60 Å². The SMILES string of the molecule is C[C@](O)(CNc1ccc2[nH]ccc2c1)c1cccc(C(F)(F)F)c1. The van der Waals surface area contributed by atoms with Crippen molar-refractivity contribution in [3.05, 3.63) is 65.9 Å². The summed E-state index contributed by atoms with van der Waals surface area (Å²) in [6, 6.07) is 12.4. The van der Waals surface area contributed by atoms with Crippen LogP contribution in [0.25, 0.3) is 10.9 Å². The van der Waals surface area contributed by atoms with E-state index in [0.29, 0.717) is 0 Å². The van der Waals surface area contributed by atoms with Crippen molar-refractivity contribution in [2.75, 3.05) is 11.9 Å². The second-order valence-corrected chi connectivity index (χ2v) is 5.99. The van der Waals surface area contributed by atoms with E-state index < -0.39 is 17.3 Å². The van der Waals surface area contributed by atoms with Gasteiger partial charge in [0, 0.05) is 29.3 Å². The van der Waals surface area contributed by atoms with E-state index >= 15 is 0 Å². The molecule has 0 bridgehead atoms. The van der Waals surface area contributed by atoms with Gasteiger partial charge in [-0.25, -0.2) is 0 Å². The summed E-state index contributed by atoms with van der Waals surface area (Å²) in [5, 5.41) is 14.7. The van der Waals surface area contributed by atoms with Gasteiger partial charge < -0.3 is 15.4 Å². The van der Waals surface area contributed by atoms with Crippen LogP contribution in [0.3, 0.4) is 0 Å². The number of rotatable bonds is 4. The molecule has 1 atom stereocenters. The highest BCUT2D eigenvalue weighted by molar-refractivity contribution is 5.82. The molecule has 1 heterocycles. The largest absolute Gasteiger partial charge is 0.416 e. The smallest absolute Gasteiger partial charge is 0.384 e. The number of hydrogen-bond acceptors (Lipinski definition) is 2. The number of benzene rings is 2. The first kappa shape index (κ1) is 16.4. The molecule has 0 aliphatic carbocycles. The number of anilines is 1. The molecule has 3 rings (SSSR count). The maximum absolute atomic E-state index is 12.8. The summed E-state index contributed by atoms with van der Waals surface area (Å²) in [7, 11) is 0. The topological polar surface area (TPSA) is 48.0 Å². The fourth-order valence-corrected chi connectivity index (χ4v) is 2.57. The number of aromatic amines is 1. The van der Waals surface area contributed by atoms with Crippen molar-refractivity contribution in [1.82, 2.24) is 4.98 Å². The van der Waals surface area contributed by atoms with Crippen molar-refractivity contribution in [3.63, 3.8) is 0 Å². The number of fused-ring (bicyclic) bond motifs is 1. The molecule has 6 heteroatoms. The predicted molar refractivity (Wildman–Crippen MR) is 87.8 cm³/mol. The second-order valence-electron chi connectivity index (χ2n) is 5.99. The third kappa shape index (κ3) is 3.38. The van der Waals surface area contributed by atoms with Crippen LogP contribution >= 0.6 is 0 Å². The minimum Gasteiger partial charge on any atom is -0.384 e. The van der Waals surface area contributed by atoms with Gasteiger partial charge in [0.25, 0.3) is 0 Å². The maximum atomic E-state index is 12.8. The number of hydrogen-bond donors (Lipinski definition) is 3. The van der Waals surface area contributed by atoms with E-state index in [1.807, 2.05) is 30.5 Å². The first-order valence-electron chi connectivity index (χ1n) is 7.47. The van der Waals surface area contributed by atoms with Crippen molar-refractivity contribution in [1.29, 1.82) is 0 Å². The van der Waals surface area contributed by atoms with Crippen LogP contribution in [0.15, 0.2) is 54.7 Å². The zero-order valence-electron chi connectivity index (χ0n) is 13.0. The molecule has 0 saturated heterocycles. The highest BCUT2D eigenvalue weighted by atomic mass is 19.4. The summed E-state index contributed by atoms with van der Waals surface area (Å²) in [5.74, 6) is 0. The first-order valence-corrected chi connectivity index (χ1v) is 7.47. The van der Waals surface area contributed by atoms with Gasteiger partial charge in [-0.15, -0.1) is 0 Å². The van der Waals surface area contributed by atoms with Gasteiger partial charge >= 0.3 is 6.18 Å². The molecule has 0 aliphatic heterocycles. The minimum absolute atomic E-state index is 0.0875. The summed E-state index contributed by atoms with van der Waals surface area (Å²) in [5.41, 5.74) is -0.213. The van der Waals surface area contributed by atoms with E-state index in [2.05, 4.69) is 10.3 Å². The number of aliphatic hydroxyl groups is 1. The van der Waals surface area contributed by atoms with Crippen LogP contribution in [0.2, 0.25) is 0 Å². The Hall–Kier alpha value is -2.47. The highest BCUT2D eigenvalue weighted by Gasteiger charge is 2.32. The molecule has 0 spiro atoms. The molecule has 3 aromatic rings. The Morgan fingerprint density at radius 3 is 2.54 bits per heavy atom. The van der Waals surface area contributed by atoms with E-state index in [4.69, 9.17) is 0 Å². The summed E-state index contributed by atoms with van der Waals surface area (Å²) in [4.78, 5) is 3.08. The van der Waals surface area contributed by atoms with Crippen LogP contribution < -0.4 is 5.32 Å². The van der Waals surface area contributed by atoms with Crippen LogP contribution in [-0.4, -0.2) is 16.6 Å². The van der Waals surface area contributed by atoms with E-state index in [1.54, 1.807) is 0 Å². The zero-order valence-corrected chi connectivity index (χ0v) is 13.0. The van der Waals surface area contributed by atoms with Gasteiger partial charge in [0.2, 0.25) is 0 Å². The van der Waals surface area contributed by atoms with Gasteiger partial charge in [-0.3, -0.25) is 0 Å². The van der Waals surface area contributed by atoms with Crippen LogP contribution in [0.5, 0.6) is 0 Å². The average Bonchev–Trinajstić information content (AvgIpc) is 3.00. The molecule has 0 amide bonds. The molecule has 1 aromatic heterocycles. The molecule has 2 aromatic carbocycles. The number of nitrogens with one attached hydrogen (secondary N) is 2. The molecule has 0 unspecified atom stereocenters. The molecule has 0 aliphatic rings. The Morgan fingerprint density at radius 2 is 1.79 bits per heavy atom. The van der Waals surface area contributed by atoms with Gasteiger partial charge in [-0.2, -0.15) is 13.2 Å². The quantitative estimate of drug-likeness (QED) is 0.658. The lowest BCUT2D eigenvalue weighted by Crippen LogP contribution is -2.31. The second kappa shape index (κ2) is 5.87. The predicted octanol–water partition coefficient (Wildman–Crippen LogP) is 4.51. The number of alkyl halides is 3. The number of halogens is 3. The average molecular weight is 334 g/mol. The van der Waals surface area contributed by atoms with E-state index in [0.717, 1.165) is 28.7 Å². The van der Waals surface area contributed by atoms with Gasteiger partial charge in [0.05, 0.1) is 5.56 Å². The number of H-pyrrole nitrogens is 1. The van der Waals surface area contributed by atoms with E-state index in [-0.39, 0.29) is 12.1 Å². The molecule has 3 nitrogen and oxygen atoms in total. The van der Waals surface area contributed by atoms with Gasteiger partial charge in [-0.1, -0.05) is 12.1 Å². The van der Waals surface area contributed by atoms with Crippen molar-refractivity contribution in [2.24, 2.45) is 0 Å². The summed E-state index contributed by atoms with van der Waals surface area (Å²) in [6.07, 6.45) is -2.61. The Balaban J connectivity index is 1.78. The van der Waals surface area contributed by atoms with E-state index in [9.17, 15) is 18.3 Å². The fraction of sp³-hybridized carbons (Fsp3) is 0.222. The van der Waals surface area contributed by atoms with Gasteiger partial charge in [-0.05, 0) is 48.9 Å². The van der Waals surface area contributed by atoms with E-state index in [1.165, 1.54) is 19.1 Å². The molecule has 24 heavy (non-hydrogen) atoms. The summed E-state index contributed by atoms with van der Waals surface area (Å²) in [6.45, 7) is 1.58. The Kier molecular flexibility index (Phi) is 4.01.